The van der Waals surface area contributed by atoms with Crippen molar-refractivity contribution in [3.8, 4) is 0 Å². The molecule has 0 spiro atoms. The Morgan fingerprint density at radius 2 is 2.19 bits per heavy atom. The number of nitrogens with two attached hydrogens (primary N) is 1. The van der Waals surface area contributed by atoms with Crippen molar-refractivity contribution in [1.82, 2.24) is 4.98 Å². The molecule has 2 rings (SSSR count). The third kappa shape index (κ3) is 2.30. The number of aliphatic hydroxyl groups is 1. The lowest BCUT2D eigenvalue weighted by Gasteiger charge is -2.31. The SMILES string of the molecule is N=C(N)c1cc(N2CCC(O)CC2)ccn1. The third-order valence-electron chi connectivity index (χ3n) is 2.85. The molecule has 0 bridgehead atoms. The maximum atomic E-state index is 9.42. The summed E-state index contributed by atoms with van der Waals surface area (Å²) in [5.41, 5.74) is 6.92. The van der Waals surface area contributed by atoms with Crippen molar-refractivity contribution >= 4 is 11.5 Å². The molecule has 1 aromatic rings. The van der Waals surface area contributed by atoms with Crippen LogP contribution >= 0.6 is 0 Å². The standard InChI is InChI=1S/C11H16N4O/c12-11(13)10-7-8(1-4-14-10)15-5-2-9(16)3-6-15/h1,4,7,9,16H,2-3,5-6H2,(H3,12,13). The van der Waals surface area contributed by atoms with Crippen LogP contribution in [0, 0.1) is 5.41 Å². The zero-order valence-electron chi connectivity index (χ0n) is 9.06. The quantitative estimate of drug-likeness (QED) is 0.495. The molecule has 1 fully saturated rings. The van der Waals surface area contributed by atoms with Crippen LogP contribution in [0.4, 0.5) is 5.69 Å². The van der Waals surface area contributed by atoms with Crippen LogP contribution in [0.1, 0.15) is 18.5 Å². The molecule has 86 valence electrons. The van der Waals surface area contributed by atoms with Gasteiger partial charge < -0.3 is 15.7 Å². The lowest BCUT2D eigenvalue weighted by Crippen LogP contribution is -2.35. The number of piperidine rings is 1. The van der Waals surface area contributed by atoms with Gasteiger partial charge >= 0.3 is 0 Å². The second-order valence-corrected chi connectivity index (χ2v) is 4.03. The Hall–Kier alpha value is -1.62. The minimum Gasteiger partial charge on any atom is -0.393 e. The zero-order valence-corrected chi connectivity index (χ0v) is 9.06. The molecule has 0 amide bonds. The van der Waals surface area contributed by atoms with Crippen molar-refractivity contribution in [3.63, 3.8) is 0 Å². The van der Waals surface area contributed by atoms with Crippen LogP contribution in [0.2, 0.25) is 0 Å². The molecule has 0 unspecified atom stereocenters. The second-order valence-electron chi connectivity index (χ2n) is 4.03. The van der Waals surface area contributed by atoms with Crippen LogP contribution in [0.5, 0.6) is 0 Å². The van der Waals surface area contributed by atoms with Crippen LogP contribution in [-0.2, 0) is 0 Å². The molecule has 0 aliphatic carbocycles. The van der Waals surface area contributed by atoms with E-state index in [4.69, 9.17) is 11.1 Å². The first kappa shape index (κ1) is 10.9. The molecular formula is C11H16N4O. The molecule has 0 radical (unpaired) electrons. The number of rotatable bonds is 2. The van der Waals surface area contributed by atoms with Gasteiger partial charge in [0, 0.05) is 25.0 Å². The molecule has 4 N–H and O–H groups in total. The molecule has 2 heterocycles. The van der Waals surface area contributed by atoms with E-state index in [-0.39, 0.29) is 11.9 Å². The van der Waals surface area contributed by atoms with Gasteiger partial charge in [-0.1, -0.05) is 0 Å². The summed E-state index contributed by atoms with van der Waals surface area (Å²) in [5, 5.41) is 16.8. The Morgan fingerprint density at radius 3 is 2.81 bits per heavy atom. The maximum Gasteiger partial charge on any atom is 0.141 e. The van der Waals surface area contributed by atoms with E-state index in [0.717, 1.165) is 31.6 Å². The van der Waals surface area contributed by atoms with Gasteiger partial charge in [0.1, 0.15) is 11.5 Å². The fraction of sp³-hybridized carbons (Fsp3) is 0.455. The molecule has 1 saturated heterocycles. The lowest BCUT2D eigenvalue weighted by molar-refractivity contribution is 0.145. The van der Waals surface area contributed by atoms with E-state index in [9.17, 15) is 5.11 Å². The molecule has 5 nitrogen and oxygen atoms in total. The van der Waals surface area contributed by atoms with E-state index in [1.807, 2.05) is 12.1 Å². The number of nitrogens with zero attached hydrogens (tertiary/aromatic N) is 2. The fourth-order valence-corrected chi connectivity index (χ4v) is 1.89. The average molecular weight is 220 g/mol. The Balaban J connectivity index is 2.14. The maximum absolute atomic E-state index is 9.42. The van der Waals surface area contributed by atoms with Crippen LogP contribution in [0.25, 0.3) is 0 Å². The Labute approximate surface area is 94.4 Å². The first-order valence-electron chi connectivity index (χ1n) is 5.40. The van der Waals surface area contributed by atoms with E-state index in [1.165, 1.54) is 0 Å². The first-order chi connectivity index (χ1) is 7.66. The van der Waals surface area contributed by atoms with Gasteiger partial charge in [-0.2, -0.15) is 0 Å². The summed E-state index contributed by atoms with van der Waals surface area (Å²) in [6, 6.07) is 3.73. The van der Waals surface area contributed by atoms with Crippen molar-refractivity contribution in [1.29, 1.82) is 5.41 Å². The van der Waals surface area contributed by atoms with Gasteiger partial charge in [-0.3, -0.25) is 10.4 Å². The highest BCUT2D eigenvalue weighted by Crippen LogP contribution is 2.19. The summed E-state index contributed by atoms with van der Waals surface area (Å²) in [6.45, 7) is 1.67. The number of amidine groups is 1. The van der Waals surface area contributed by atoms with Crippen molar-refractivity contribution < 1.29 is 5.11 Å². The molecule has 16 heavy (non-hydrogen) atoms. The predicted molar refractivity (Wildman–Crippen MR) is 62.7 cm³/mol. The molecule has 0 saturated carbocycles. The third-order valence-corrected chi connectivity index (χ3v) is 2.85. The smallest absolute Gasteiger partial charge is 0.141 e. The molecule has 0 aromatic carbocycles. The van der Waals surface area contributed by atoms with Gasteiger partial charge in [-0.25, -0.2) is 0 Å². The Morgan fingerprint density at radius 1 is 1.50 bits per heavy atom. The summed E-state index contributed by atoms with van der Waals surface area (Å²) in [5.74, 6) is -0.0149. The van der Waals surface area contributed by atoms with E-state index in [1.54, 1.807) is 6.20 Å². The molecular weight excluding hydrogens is 204 g/mol. The van der Waals surface area contributed by atoms with E-state index < -0.39 is 0 Å². The lowest BCUT2D eigenvalue weighted by atomic mass is 10.1. The average Bonchev–Trinajstić information content (AvgIpc) is 2.30. The number of aliphatic hydroxyl groups excluding tert-OH is 1. The summed E-state index contributed by atoms with van der Waals surface area (Å²) in [6.07, 6.45) is 3.07. The number of aromatic nitrogens is 1. The summed E-state index contributed by atoms with van der Waals surface area (Å²) >= 11 is 0. The van der Waals surface area contributed by atoms with Crippen LogP contribution in [0.3, 0.4) is 0 Å². The van der Waals surface area contributed by atoms with Crippen molar-refractivity contribution in [2.75, 3.05) is 18.0 Å². The number of hydrogen-bond acceptors (Lipinski definition) is 4. The topological polar surface area (TPSA) is 86.2 Å². The van der Waals surface area contributed by atoms with E-state index in [0.29, 0.717) is 5.69 Å². The van der Waals surface area contributed by atoms with Gasteiger partial charge in [0.2, 0.25) is 0 Å². The molecule has 1 aromatic heterocycles. The normalized spacial score (nSPS) is 17.4. The Bertz CT molecular complexity index is 385. The minimum absolute atomic E-state index is 0.0149. The monoisotopic (exact) mass is 220 g/mol. The zero-order chi connectivity index (χ0) is 11.5. The highest BCUT2D eigenvalue weighted by Gasteiger charge is 2.17. The highest BCUT2D eigenvalue weighted by molar-refractivity contribution is 5.93. The van der Waals surface area contributed by atoms with Gasteiger partial charge in [-0.15, -0.1) is 0 Å². The van der Waals surface area contributed by atoms with Gasteiger partial charge in [-0.05, 0) is 25.0 Å². The van der Waals surface area contributed by atoms with Crippen molar-refractivity contribution in [2.45, 2.75) is 18.9 Å². The number of hydrogen-bond donors (Lipinski definition) is 3. The van der Waals surface area contributed by atoms with Crippen LogP contribution in [0.15, 0.2) is 18.3 Å². The van der Waals surface area contributed by atoms with E-state index in [2.05, 4.69) is 9.88 Å². The second kappa shape index (κ2) is 4.49. The van der Waals surface area contributed by atoms with Crippen LogP contribution < -0.4 is 10.6 Å². The van der Waals surface area contributed by atoms with Crippen LogP contribution in [-0.4, -0.2) is 35.1 Å². The molecule has 5 heteroatoms. The van der Waals surface area contributed by atoms with Gasteiger partial charge in [0.05, 0.1) is 6.10 Å². The number of nitrogen functional groups attached to an aromatic ring is 1. The number of anilines is 1. The van der Waals surface area contributed by atoms with Crippen molar-refractivity contribution in [3.05, 3.63) is 24.0 Å². The van der Waals surface area contributed by atoms with Crippen molar-refractivity contribution in [2.24, 2.45) is 5.73 Å². The Kier molecular flexibility index (Phi) is 3.05. The molecule has 0 atom stereocenters. The van der Waals surface area contributed by atoms with E-state index >= 15 is 0 Å². The first-order valence-corrected chi connectivity index (χ1v) is 5.40. The highest BCUT2D eigenvalue weighted by atomic mass is 16.3. The summed E-state index contributed by atoms with van der Waals surface area (Å²) in [4.78, 5) is 6.20. The van der Waals surface area contributed by atoms with Gasteiger partial charge in [0.15, 0.2) is 0 Å². The fourth-order valence-electron chi connectivity index (χ4n) is 1.89. The predicted octanol–water partition coefficient (Wildman–Crippen LogP) is 0.327. The number of pyridine rings is 1. The molecule has 1 aliphatic heterocycles. The number of nitrogens with one attached hydrogen (secondary N) is 1. The van der Waals surface area contributed by atoms with Gasteiger partial charge in [0.25, 0.3) is 0 Å². The molecule has 1 aliphatic rings. The largest absolute Gasteiger partial charge is 0.393 e. The summed E-state index contributed by atoms with van der Waals surface area (Å²) in [7, 11) is 0. The summed E-state index contributed by atoms with van der Waals surface area (Å²) < 4.78 is 0. The minimum atomic E-state index is -0.176.